The van der Waals surface area contributed by atoms with Crippen molar-refractivity contribution in [3.63, 3.8) is 0 Å². The standard InChI is InChI=1S/C22H21Cl2N3O3/c1-25-9-11-26(12-10-25)20-19(15-5-3-4-6-18(15)30-2)21(28)27(22(20)29)17-13-14(23)7-8-16(17)24/h3-8,13H,9-12H2,1-2H3. The molecule has 30 heavy (non-hydrogen) atoms. The minimum Gasteiger partial charge on any atom is -0.496 e. The van der Waals surface area contributed by atoms with Crippen LogP contribution in [0.25, 0.3) is 5.57 Å². The highest BCUT2D eigenvalue weighted by atomic mass is 35.5. The van der Waals surface area contributed by atoms with E-state index in [1.165, 1.54) is 6.07 Å². The molecule has 0 saturated carbocycles. The van der Waals surface area contributed by atoms with E-state index in [0.29, 0.717) is 40.7 Å². The Morgan fingerprint density at radius 2 is 1.63 bits per heavy atom. The van der Waals surface area contributed by atoms with Gasteiger partial charge in [0, 0.05) is 36.8 Å². The molecule has 0 N–H and O–H groups in total. The number of anilines is 1. The van der Waals surface area contributed by atoms with Gasteiger partial charge in [-0.2, -0.15) is 0 Å². The number of halogens is 2. The first kappa shape index (κ1) is 20.7. The molecule has 0 bridgehead atoms. The van der Waals surface area contributed by atoms with Gasteiger partial charge in [0.1, 0.15) is 11.4 Å². The highest BCUT2D eigenvalue weighted by Crippen LogP contribution is 2.41. The van der Waals surface area contributed by atoms with Gasteiger partial charge in [0.25, 0.3) is 11.8 Å². The molecule has 2 aromatic carbocycles. The zero-order chi connectivity index (χ0) is 21.4. The summed E-state index contributed by atoms with van der Waals surface area (Å²) in [6.45, 7) is 2.87. The van der Waals surface area contributed by atoms with E-state index < -0.39 is 11.8 Å². The summed E-state index contributed by atoms with van der Waals surface area (Å²) in [5.74, 6) is -0.323. The molecular weight excluding hydrogens is 425 g/mol. The Morgan fingerprint density at radius 3 is 2.33 bits per heavy atom. The van der Waals surface area contributed by atoms with Crippen LogP contribution >= 0.6 is 23.2 Å². The third kappa shape index (κ3) is 3.55. The molecule has 2 aliphatic heterocycles. The van der Waals surface area contributed by atoms with Crippen molar-refractivity contribution in [3.8, 4) is 5.75 Å². The number of piperazine rings is 1. The zero-order valence-electron chi connectivity index (χ0n) is 16.7. The number of imide groups is 1. The molecule has 6 nitrogen and oxygen atoms in total. The van der Waals surface area contributed by atoms with E-state index in [1.807, 2.05) is 24.1 Å². The van der Waals surface area contributed by atoms with Crippen molar-refractivity contribution in [1.82, 2.24) is 9.80 Å². The van der Waals surface area contributed by atoms with Gasteiger partial charge >= 0.3 is 0 Å². The number of likely N-dealkylation sites (N-methyl/N-ethyl adjacent to an activating group) is 1. The Hall–Kier alpha value is -2.54. The number of hydrogen-bond acceptors (Lipinski definition) is 5. The smallest absolute Gasteiger partial charge is 0.282 e. The summed E-state index contributed by atoms with van der Waals surface area (Å²) in [4.78, 5) is 32.5. The third-order valence-corrected chi connectivity index (χ3v) is 5.96. The highest BCUT2D eigenvalue weighted by Gasteiger charge is 2.44. The second-order valence-electron chi connectivity index (χ2n) is 7.26. The Labute approximate surface area is 185 Å². The van der Waals surface area contributed by atoms with Crippen LogP contribution in [-0.2, 0) is 9.59 Å². The first-order chi connectivity index (χ1) is 14.4. The van der Waals surface area contributed by atoms with Gasteiger partial charge in [-0.05, 0) is 31.3 Å². The van der Waals surface area contributed by atoms with Crippen LogP contribution in [0, 0.1) is 0 Å². The molecule has 0 spiro atoms. The van der Waals surface area contributed by atoms with Crippen LogP contribution in [0.15, 0.2) is 48.2 Å². The number of methoxy groups -OCH3 is 1. The van der Waals surface area contributed by atoms with Crippen LogP contribution in [-0.4, -0.2) is 62.0 Å². The van der Waals surface area contributed by atoms with E-state index >= 15 is 0 Å². The maximum absolute atomic E-state index is 13.6. The summed E-state index contributed by atoms with van der Waals surface area (Å²) in [5.41, 5.74) is 1.54. The number of para-hydroxylation sites is 1. The number of rotatable bonds is 4. The van der Waals surface area contributed by atoms with Gasteiger partial charge in [0.05, 0.1) is 23.4 Å². The van der Waals surface area contributed by atoms with Gasteiger partial charge < -0.3 is 14.5 Å². The Morgan fingerprint density at radius 1 is 0.933 bits per heavy atom. The van der Waals surface area contributed by atoms with Gasteiger partial charge in [-0.3, -0.25) is 9.59 Å². The minimum absolute atomic E-state index is 0.274. The first-order valence-electron chi connectivity index (χ1n) is 9.57. The molecule has 0 radical (unpaired) electrons. The van der Waals surface area contributed by atoms with Crippen LogP contribution < -0.4 is 9.64 Å². The van der Waals surface area contributed by atoms with E-state index in [4.69, 9.17) is 27.9 Å². The Bertz CT molecular complexity index is 1050. The molecule has 2 amide bonds. The molecular formula is C22H21Cl2N3O3. The lowest BCUT2D eigenvalue weighted by molar-refractivity contribution is -0.120. The van der Waals surface area contributed by atoms with Gasteiger partial charge in [-0.1, -0.05) is 41.4 Å². The molecule has 4 rings (SSSR count). The number of amides is 2. The van der Waals surface area contributed by atoms with Gasteiger partial charge in [-0.15, -0.1) is 0 Å². The number of carbonyl (C=O) groups excluding carboxylic acids is 2. The van der Waals surface area contributed by atoms with Crippen LogP contribution in [0.5, 0.6) is 5.75 Å². The highest BCUT2D eigenvalue weighted by molar-refractivity contribution is 6.48. The fourth-order valence-electron chi connectivity index (χ4n) is 3.81. The monoisotopic (exact) mass is 445 g/mol. The number of benzene rings is 2. The number of ether oxygens (including phenoxy) is 1. The number of hydrogen-bond donors (Lipinski definition) is 0. The summed E-state index contributed by atoms with van der Waals surface area (Å²) in [6, 6.07) is 11.9. The largest absolute Gasteiger partial charge is 0.496 e. The maximum atomic E-state index is 13.6. The molecule has 8 heteroatoms. The van der Waals surface area contributed by atoms with E-state index in [0.717, 1.165) is 18.0 Å². The molecule has 2 aliphatic rings. The van der Waals surface area contributed by atoms with E-state index in [-0.39, 0.29) is 10.7 Å². The average molecular weight is 446 g/mol. The maximum Gasteiger partial charge on any atom is 0.282 e. The second kappa shape index (κ2) is 8.30. The molecule has 2 aromatic rings. The fraction of sp³-hybridized carbons (Fsp3) is 0.273. The van der Waals surface area contributed by atoms with Crippen LogP contribution in [0.2, 0.25) is 10.0 Å². The lowest BCUT2D eigenvalue weighted by atomic mass is 10.0. The lowest BCUT2D eigenvalue weighted by Gasteiger charge is -2.34. The fourth-order valence-corrected chi connectivity index (χ4v) is 4.18. The van der Waals surface area contributed by atoms with Crippen molar-refractivity contribution in [2.75, 3.05) is 45.2 Å². The minimum atomic E-state index is -0.442. The summed E-state index contributed by atoms with van der Waals surface area (Å²) in [6.07, 6.45) is 0. The predicted octanol–water partition coefficient (Wildman–Crippen LogP) is 3.53. The van der Waals surface area contributed by atoms with Crippen LogP contribution in [0.4, 0.5) is 5.69 Å². The Kier molecular flexibility index (Phi) is 5.73. The van der Waals surface area contributed by atoms with Gasteiger partial charge in [0.2, 0.25) is 0 Å². The Balaban J connectivity index is 1.88. The quantitative estimate of drug-likeness (QED) is 0.673. The summed E-state index contributed by atoms with van der Waals surface area (Å²) >= 11 is 12.5. The molecule has 2 heterocycles. The molecule has 1 saturated heterocycles. The van der Waals surface area contributed by atoms with Crippen molar-refractivity contribution in [3.05, 3.63) is 63.8 Å². The van der Waals surface area contributed by atoms with E-state index in [9.17, 15) is 9.59 Å². The third-order valence-electron chi connectivity index (χ3n) is 5.40. The zero-order valence-corrected chi connectivity index (χ0v) is 18.2. The van der Waals surface area contributed by atoms with Gasteiger partial charge in [-0.25, -0.2) is 4.90 Å². The van der Waals surface area contributed by atoms with Gasteiger partial charge in [0.15, 0.2) is 0 Å². The number of nitrogens with zero attached hydrogens (tertiary/aromatic N) is 3. The van der Waals surface area contributed by atoms with Crippen molar-refractivity contribution >= 4 is 46.3 Å². The summed E-state index contributed by atoms with van der Waals surface area (Å²) in [7, 11) is 3.58. The van der Waals surface area contributed by atoms with E-state index in [2.05, 4.69) is 4.90 Å². The van der Waals surface area contributed by atoms with Crippen molar-refractivity contribution in [2.45, 2.75) is 0 Å². The molecule has 0 unspecified atom stereocenters. The number of carbonyl (C=O) groups is 2. The molecule has 1 fully saturated rings. The topological polar surface area (TPSA) is 53.1 Å². The van der Waals surface area contributed by atoms with Crippen LogP contribution in [0.3, 0.4) is 0 Å². The predicted molar refractivity (Wildman–Crippen MR) is 118 cm³/mol. The average Bonchev–Trinajstić information content (AvgIpc) is 3.00. The molecule has 156 valence electrons. The SMILES string of the molecule is COc1ccccc1C1=C(N2CCN(C)CC2)C(=O)N(c2cc(Cl)ccc2Cl)C1=O. The summed E-state index contributed by atoms with van der Waals surface area (Å²) in [5, 5.41) is 0.669. The summed E-state index contributed by atoms with van der Waals surface area (Å²) < 4.78 is 5.49. The molecule has 0 aliphatic carbocycles. The van der Waals surface area contributed by atoms with Crippen molar-refractivity contribution < 1.29 is 14.3 Å². The van der Waals surface area contributed by atoms with E-state index in [1.54, 1.807) is 31.4 Å². The lowest BCUT2D eigenvalue weighted by Crippen LogP contribution is -2.46. The molecule has 0 aromatic heterocycles. The molecule has 0 atom stereocenters. The van der Waals surface area contributed by atoms with Crippen molar-refractivity contribution in [2.24, 2.45) is 0 Å². The van der Waals surface area contributed by atoms with Crippen molar-refractivity contribution in [1.29, 1.82) is 0 Å². The first-order valence-corrected chi connectivity index (χ1v) is 10.3. The van der Waals surface area contributed by atoms with Crippen LogP contribution in [0.1, 0.15) is 5.56 Å². The normalized spacial score (nSPS) is 17.9. The second-order valence-corrected chi connectivity index (χ2v) is 8.10.